The zero-order valence-electron chi connectivity index (χ0n) is 26.0. The van der Waals surface area contributed by atoms with E-state index in [1.165, 1.54) is 16.4 Å². The van der Waals surface area contributed by atoms with Crippen molar-refractivity contribution in [3.63, 3.8) is 0 Å². The van der Waals surface area contributed by atoms with E-state index < -0.39 is 41.3 Å². The lowest BCUT2D eigenvalue weighted by Crippen LogP contribution is -2.57. The van der Waals surface area contributed by atoms with Crippen molar-refractivity contribution in [1.82, 2.24) is 13.9 Å². The summed E-state index contributed by atoms with van der Waals surface area (Å²) in [6.45, 7) is 2.18. The maximum absolute atomic E-state index is 14.2. The van der Waals surface area contributed by atoms with E-state index in [-0.39, 0.29) is 26.3 Å². The van der Waals surface area contributed by atoms with Gasteiger partial charge in [0, 0.05) is 25.2 Å². The summed E-state index contributed by atoms with van der Waals surface area (Å²) >= 11 is 0. The fourth-order valence-electron chi connectivity index (χ4n) is 6.56. The van der Waals surface area contributed by atoms with Gasteiger partial charge in [0.25, 0.3) is 0 Å². The molecule has 0 aliphatic carbocycles. The van der Waals surface area contributed by atoms with E-state index in [2.05, 4.69) is 0 Å². The molecule has 2 aliphatic rings. The Morgan fingerprint density at radius 1 is 0.804 bits per heavy atom. The monoisotopic (exact) mass is 624 g/mol. The van der Waals surface area contributed by atoms with Gasteiger partial charge in [-0.15, -0.1) is 0 Å². The Kier molecular flexibility index (Phi) is 8.65. The van der Waals surface area contributed by atoms with Crippen LogP contribution in [0.15, 0.2) is 106 Å². The lowest BCUT2D eigenvalue weighted by Gasteiger charge is -2.46. The topological polar surface area (TPSA) is 114 Å². The van der Waals surface area contributed by atoms with Crippen LogP contribution in [0.5, 0.6) is 5.75 Å². The van der Waals surface area contributed by atoms with Crippen LogP contribution in [-0.4, -0.2) is 52.2 Å². The van der Waals surface area contributed by atoms with Gasteiger partial charge in [-0.2, -0.15) is 0 Å². The second-order valence-corrected chi connectivity index (χ2v) is 11.4. The van der Waals surface area contributed by atoms with Crippen molar-refractivity contribution in [2.75, 3.05) is 25.2 Å². The van der Waals surface area contributed by atoms with E-state index in [1.807, 2.05) is 89.8 Å². The van der Waals surface area contributed by atoms with E-state index in [0.29, 0.717) is 17.7 Å². The smallest absolute Gasteiger partial charge is 0.348 e. The zero-order chi connectivity index (χ0) is 32.4. The first-order valence-electron chi connectivity index (χ1n) is 15.2. The highest BCUT2D eigenvalue weighted by Crippen LogP contribution is 2.43. The highest BCUT2D eigenvalue weighted by molar-refractivity contribution is 5.85. The van der Waals surface area contributed by atoms with Crippen LogP contribution in [0.25, 0.3) is 0 Å². The Hall–Kier alpha value is -5.32. The number of carbonyl (C=O) groups excluding carboxylic acids is 2. The van der Waals surface area contributed by atoms with Crippen molar-refractivity contribution in [2.45, 2.75) is 38.6 Å². The summed E-state index contributed by atoms with van der Waals surface area (Å²) in [5.41, 5.74) is 2.63. The molecule has 0 N–H and O–H groups in total. The Morgan fingerprint density at radius 3 is 2.09 bits per heavy atom. The van der Waals surface area contributed by atoms with Gasteiger partial charge in [-0.3, -0.25) is 0 Å². The molecule has 4 aromatic rings. The summed E-state index contributed by atoms with van der Waals surface area (Å²) in [4.78, 5) is 57.1. The van der Waals surface area contributed by atoms with Crippen molar-refractivity contribution in [1.29, 1.82) is 0 Å². The summed E-state index contributed by atoms with van der Waals surface area (Å²) in [6, 6.07) is 24.2. The molecule has 3 heterocycles. The van der Waals surface area contributed by atoms with Crippen LogP contribution in [-0.2, 0) is 45.7 Å². The maximum Gasteiger partial charge on any atom is 0.348 e. The van der Waals surface area contributed by atoms with Gasteiger partial charge in [0.05, 0.1) is 20.3 Å². The Bertz CT molecular complexity index is 1870. The number of nitrogens with zero attached hydrogens (tertiary/aromatic N) is 4. The van der Waals surface area contributed by atoms with Crippen molar-refractivity contribution in [2.24, 2.45) is 13.0 Å². The van der Waals surface area contributed by atoms with E-state index in [1.54, 1.807) is 14.0 Å². The number of rotatable bonds is 9. The fourth-order valence-corrected chi connectivity index (χ4v) is 6.56. The Morgan fingerprint density at radius 2 is 1.46 bits per heavy atom. The van der Waals surface area contributed by atoms with Gasteiger partial charge in [0.15, 0.2) is 6.04 Å². The SMILES string of the molecule is CCOC(=O)[C@@H]1[C@H](Cc2ccccc2)C2=C(CN1c1ccc(OC)cc1)Cn1c(=O)n(C)c(=O)n1[C@@H]2C(=O)OCc1ccccc1. The van der Waals surface area contributed by atoms with E-state index in [9.17, 15) is 19.2 Å². The standard InChI is InChI=1S/C35H36N4O7/c1-4-45-32(40)30-28(19-23-11-7-5-8-12-23)29-25(20-37(30)26-15-17-27(44-3)18-16-26)21-38-34(42)36(2)35(43)39(38)31(29)33(41)46-22-24-13-9-6-10-14-24/h5-18,28,30-31H,4,19-22H2,1-3H3/t28-,30+,31+/m1/s1. The summed E-state index contributed by atoms with van der Waals surface area (Å²) in [5.74, 6) is -1.09. The number of aromatic nitrogens is 3. The molecule has 3 aromatic carbocycles. The van der Waals surface area contributed by atoms with Crippen molar-refractivity contribution >= 4 is 17.6 Å². The third kappa shape index (κ3) is 5.64. The number of benzene rings is 3. The highest BCUT2D eigenvalue weighted by Gasteiger charge is 2.50. The number of ether oxygens (including phenoxy) is 3. The van der Waals surface area contributed by atoms with Crippen molar-refractivity contribution in [3.8, 4) is 5.75 Å². The van der Waals surface area contributed by atoms with Gasteiger partial charge in [-0.25, -0.2) is 33.1 Å². The minimum atomic E-state index is -1.27. The van der Waals surface area contributed by atoms with Crippen LogP contribution >= 0.6 is 0 Å². The van der Waals surface area contributed by atoms with Gasteiger partial charge in [0.2, 0.25) is 0 Å². The molecule has 0 bridgehead atoms. The molecule has 1 aromatic heterocycles. The minimum Gasteiger partial charge on any atom is -0.497 e. The zero-order valence-corrected chi connectivity index (χ0v) is 26.0. The van der Waals surface area contributed by atoms with Crippen molar-refractivity contribution < 1.29 is 23.8 Å². The van der Waals surface area contributed by atoms with Crippen LogP contribution < -0.4 is 21.0 Å². The molecule has 0 spiro atoms. The molecule has 0 amide bonds. The molecule has 238 valence electrons. The van der Waals surface area contributed by atoms with Crippen LogP contribution in [0.1, 0.15) is 24.1 Å². The normalized spacial score (nSPS) is 18.8. The molecule has 0 saturated heterocycles. The number of fused-ring (bicyclic) bond motifs is 1. The summed E-state index contributed by atoms with van der Waals surface area (Å²) < 4.78 is 20.4. The Balaban J connectivity index is 1.54. The summed E-state index contributed by atoms with van der Waals surface area (Å²) in [5, 5.41) is 0. The minimum absolute atomic E-state index is 0.0206. The molecule has 0 unspecified atom stereocenters. The third-order valence-electron chi connectivity index (χ3n) is 8.69. The van der Waals surface area contributed by atoms with Crippen molar-refractivity contribution in [3.05, 3.63) is 128 Å². The average molecular weight is 625 g/mol. The molecule has 11 heteroatoms. The third-order valence-corrected chi connectivity index (χ3v) is 8.69. The first-order valence-corrected chi connectivity index (χ1v) is 15.2. The number of esters is 2. The number of hydrogen-bond donors (Lipinski definition) is 0. The number of carbonyl (C=O) groups is 2. The molecule has 3 atom stereocenters. The molecular formula is C35H36N4O7. The highest BCUT2D eigenvalue weighted by atomic mass is 16.5. The van der Waals surface area contributed by atoms with E-state index in [0.717, 1.165) is 27.0 Å². The Labute approximate surface area is 265 Å². The number of methoxy groups -OCH3 is 1. The predicted molar refractivity (Wildman–Crippen MR) is 171 cm³/mol. The first-order chi connectivity index (χ1) is 22.3. The molecule has 0 saturated carbocycles. The summed E-state index contributed by atoms with van der Waals surface area (Å²) in [7, 11) is 2.97. The number of hydrogen-bond acceptors (Lipinski definition) is 8. The lowest BCUT2D eigenvalue weighted by atomic mass is 9.75. The molecule has 0 fully saturated rings. The molecular weight excluding hydrogens is 588 g/mol. The van der Waals surface area contributed by atoms with Crippen LogP contribution in [0.3, 0.4) is 0 Å². The number of anilines is 1. The maximum atomic E-state index is 14.2. The largest absolute Gasteiger partial charge is 0.497 e. The lowest BCUT2D eigenvalue weighted by molar-refractivity contribution is -0.150. The van der Waals surface area contributed by atoms with Crippen LogP contribution in [0, 0.1) is 5.92 Å². The molecule has 2 aliphatic heterocycles. The first kappa shape index (κ1) is 30.7. The van der Waals surface area contributed by atoms with Crippen LogP contribution in [0.4, 0.5) is 5.69 Å². The predicted octanol–water partition coefficient (Wildman–Crippen LogP) is 3.26. The van der Waals surface area contributed by atoms with Gasteiger partial charge in [-0.1, -0.05) is 60.7 Å². The molecule has 11 nitrogen and oxygen atoms in total. The summed E-state index contributed by atoms with van der Waals surface area (Å²) in [6.07, 6.45) is 0.365. The molecule has 0 radical (unpaired) electrons. The molecule has 6 rings (SSSR count). The van der Waals surface area contributed by atoms with Gasteiger partial charge >= 0.3 is 23.3 Å². The fraction of sp³-hybridized carbons (Fsp3) is 0.314. The van der Waals surface area contributed by atoms with Gasteiger partial charge < -0.3 is 19.1 Å². The van der Waals surface area contributed by atoms with E-state index in [4.69, 9.17) is 14.2 Å². The van der Waals surface area contributed by atoms with Gasteiger partial charge in [-0.05, 0) is 59.9 Å². The quantitative estimate of drug-likeness (QED) is 0.206. The molecule has 46 heavy (non-hydrogen) atoms. The second kappa shape index (κ2) is 13.0. The average Bonchev–Trinajstić information content (AvgIpc) is 3.30. The van der Waals surface area contributed by atoms with E-state index >= 15 is 0 Å². The van der Waals surface area contributed by atoms with Crippen LogP contribution in [0.2, 0.25) is 0 Å². The second-order valence-electron chi connectivity index (χ2n) is 11.4. The van der Waals surface area contributed by atoms with Gasteiger partial charge in [0.1, 0.15) is 18.4 Å².